The molecule has 0 aliphatic heterocycles. The molecule has 424 valence electrons. The van der Waals surface area contributed by atoms with Crippen LogP contribution in [0.15, 0.2) is 72.9 Å². The second kappa shape index (κ2) is 52.9. The molecule has 3 atom stereocenters. The first-order valence-corrected chi connectivity index (χ1v) is 31.8. The van der Waals surface area contributed by atoms with E-state index < -0.39 is 20.0 Å². The van der Waals surface area contributed by atoms with Crippen molar-refractivity contribution in [2.75, 3.05) is 40.9 Å². The molecule has 0 saturated heterocycles. The number of phosphoric ester groups is 1. The predicted octanol–water partition coefficient (Wildman–Crippen LogP) is 18.4. The molecule has 0 aliphatic rings. The van der Waals surface area contributed by atoms with Crippen LogP contribution in [0, 0.1) is 0 Å². The van der Waals surface area contributed by atoms with Crippen molar-refractivity contribution in [1.82, 2.24) is 5.32 Å². The van der Waals surface area contributed by atoms with Gasteiger partial charge in [0.25, 0.3) is 0 Å². The smallest absolute Gasteiger partial charge is 0.456 e. The summed E-state index contributed by atoms with van der Waals surface area (Å²) in [6.07, 6.45) is 67.5. The van der Waals surface area contributed by atoms with Gasteiger partial charge < -0.3 is 19.4 Å². The number of rotatable bonds is 54. The summed E-state index contributed by atoms with van der Waals surface area (Å²) in [4.78, 5) is 37.7. The van der Waals surface area contributed by atoms with Gasteiger partial charge in [-0.1, -0.05) is 222 Å². The molecular formula is C63H116N2O7P+. The third-order valence-corrected chi connectivity index (χ3v) is 14.1. The molecule has 0 aliphatic carbocycles. The second-order valence-electron chi connectivity index (χ2n) is 21.5. The van der Waals surface area contributed by atoms with E-state index in [9.17, 15) is 19.0 Å². The maximum Gasteiger partial charge on any atom is 0.472 e. The standard InChI is InChI=1S/C63H115N2O7P/c1-7-10-13-16-19-22-25-28-30-31-32-33-35-37-40-43-46-49-52-55-62(66)64-60(59-71-73(68,69)70-58-57-65(4,5)6)61(54-51-48-45-42-39-36-27-24-21-18-15-12-9-3)72-63(67)56-53-50-47-44-41-38-34-29-26-23-20-17-14-11-8-2/h19,22-23,26,28,30,32-33,37,40,51,54,60-61H,7-18,20-21,24-25,27,29,31,34-36,38-39,41-50,52-53,55-59H2,1-6H3,(H-,64,66,68,69)/p+1/b22-19-,26-23-,30-28-,33-32-,40-37-,54-51-. The molecule has 0 spiro atoms. The van der Waals surface area contributed by atoms with Crippen molar-refractivity contribution in [1.29, 1.82) is 0 Å². The number of hydrogen-bond acceptors (Lipinski definition) is 6. The van der Waals surface area contributed by atoms with Crippen molar-refractivity contribution in [2.45, 2.75) is 277 Å². The van der Waals surface area contributed by atoms with Gasteiger partial charge in [-0.05, 0) is 102 Å². The largest absolute Gasteiger partial charge is 0.472 e. The molecule has 2 N–H and O–H groups in total. The van der Waals surface area contributed by atoms with Crippen molar-refractivity contribution in [3.63, 3.8) is 0 Å². The number of nitrogens with one attached hydrogen (secondary N) is 1. The zero-order chi connectivity index (χ0) is 53.6. The number of quaternary nitrogens is 1. The van der Waals surface area contributed by atoms with Gasteiger partial charge in [0.1, 0.15) is 19.3 Å². The van der Waals surface area contributed by atoms with Gasteiger partial charge in [-0.25, -0.2) is 4.57 Å². The normalized spacial score (nSPS) is 14.2. The number of allylic oxidation sites excluding steroid dienone is 11. The highest BCUT2D eigenvalue weighted by molar-refractivity contribution is 7.47. The van der Waals surface area contributed by atoms with E-state index in [1.807, 2.05) is 33.3 Å². The first-order chi connectivity index (χ1) is 35.4. The molecule has 0 heterocycles. The monoisotopic (exact) mass is 1040 g/mol. The first-order valence-electron chi connectivity index (χ1n) is 30.3. The summed E-state index contributed by atoms with van der Waals surface area (Å²) in [6, 6.07) is -0.868. The molecule has 1 amide bonds. The summed E-state index contributed by atoms with van der Waals surface area (Å²) in [6.45, 7) is 6.95. The Balaban J connectivity index is 5.39. The molecule has 0 aromatic rings. The Morgan fingerprint density at radius 3 is 1.32 bits per heavy atom. The fourth-order valence-corrected chi connectivity index (χ4v) is 9.12. The van der Waals surface area contributed by atoms with Gasteiger partial charge in [0.2, 0.25) is 5.91 Å². The topological polar surface area (TPSA) is 111 Å². The van der Waals surface area contributed by atoms with Crippen LogP contribution in [0.2, 0.25) is 0 Å². The quantitative estimate of drug-likeness (QED) is 0.0205. The summed E-state index contributed by atoms with van der Waals surface area (Å²) < 4.78 is 30.6. The summed E-state index contributed by atoms with van der Waals surface area (Å²) in [5.74, 6) is -0.545. The van der Waals surface area contributed by atoms with E-state index in [-0.39, 0.29) is 31.5 Å². The first kappa shape index (κ1) is 70.5. The lowest BCUT2D eigenvalue weighted by molar-refractivity contribution is -0.870. The van der Waals surface area contributed by atoms with E-state index in [4.69, 9.17) is 13.8 Å². The fourth-order valence-electron chi connectivity index (χ4n) is 8.39. The summed E-state index contributed by atoms with van der Waals surface area (Å²) in [7, 11) is 1.47. The Labute approximate surface area is 451 Å². The molecule has 0 aromatic carbocycles. The van der Waals surface area contributed by atoms with Gasteiger partial charge in [0, 0.05) is 12.8 Å². The minimum atomic E-state index is -4.46. The highest BCUT2D eigenvalue weighted by Gasteiger charge is 2.30. The van der Waals surface area contributed by atoms with E-state index in [1.54, 1.807) is 0 Å². The lowest BCUT2D eigenvalue weighted by Crippen LogP contribution is -2.47. The number of esters is 1. The Morgan fingerprint density at radius 1 is 0.479 bits per heavy atom. The molecule has 0 rings (SSSR count). The summed E-state index contributed by atoms with van der Waals surface area (Å²) in [5, 5.41) is 3.04. The Hall–Kier alpha value is -2.55. The van der Waals surface area contributed by atoms with Crippen LogP contribution in [0.1, 0.15) is 265 Å². The molecule has 3 unspecified atom stereocenters. The molecule has 10 heteroatoms. The van der Waals surface area contributed by atoms with Crippen molar-refractivity contribution in [2.24, 2.45) is 0 Å². The average Bonchev–Trinajstić information content (AvgIpc) is 3.35. The number of phosphoric acid groups is 1. The third kappa shape index (κ3) is 54.1. The molecular weight excluding hydrogens is 928 g/mol. The highest BCUT2D eigenvalue weighted by Crippen LogP contribution is 2.43. The minimum Gasteiger partial charge on any atom is -0.456 e. The van der Waals surface area contributed by atoms with Crippen LogP contribution in [0.3, 0.4) is 0 Å². The highest BCUT2D eigenvalue weighted by atomic mass is 31.2. The Bertz CT molecular complexity index is 1480. The molecule has 73 heavy (non-hydrogen) atoms. The van der Waals surface area contributed by atoms with Crippen molar-refractivity contribution < 1.29 is 37.3 Å². The maximum atomic E-state index is 13.5. The molecule has 0 fully saturated rings. The van der Waals surface area contributed by atoms with Crippen molar-refractivity contribution in [3.05, 3.63) is 72.9 Å². The number of unbranched alkanes of at least 4 members (excludes halogenated alkanes) is 28. The van der Waals surface area contributed by atoms with Gasteiger partial charge >= 0.3 is 13.8 Å². The number of nitrogens with zero attached hydrogens (tertiary/aromatic N) is 1. The van der Waals surface area contributed by atoms with Gasteiger partial charge in [-0.3, -0.25) is 18.6 Å². The zero-order valence-electron chi connectivity index (χ0n) is 48.4. The van der Waals surface area contributed by atoms with Crippen LogP contribution >= 0.6 is 7.82 Å². The van der Waals surface area contributed by atoms with Crippen LogP contribution in [-0.2, 0) is 27.9 Å². The minimum absolute atomic E-state index is 0.0310. The SMILES string of the molecule is CCCCC/C=C\C/C=C\C/C=C\C/C=C\CCCCCC(=O)NC(COP(=O)(O)OCC[N+](C)(C)C)C(/C=C\CCCCCCCCCCCCC)OC(=O)CCCCCCCCC/C=C\CCCCCC. The van der Waals surface area contributed by atoms with Crippen molar-refractivity contribution >= 4 is 19.7 Å². The van der Waals surface area contributed by atoms with Crippen LogP contribution in [-0.4, -0.2) is 74.3 Å². The van der Waals surface area contributed by atoms with E-state index in [2.05, 4.69) is 86.8 Å². The summed E-state index contributed by atoms with van der Waals surface area (Å²) >= 11 is 0. The molecule has 0 saturated carbocycles. The zero-order valence-corrected chi connectivity index (χ0v) is 49.3. The number of carbonyl (C=O) groups excluding carboxylic acids is 2. The molecule has 0 bridgehead atoms. The van der Waals surface area contributed by atoms with E-state index in [0.29, 0.717) is 23.9 Å². The van der Waals surface area contributed by atoms with E-state index >= 15 is 0 Å². The third-order valence-electron chi connectivity index (χ3n) is 13.1. The second-order valence-corrected chi connectivity index (χ2v) is 23.0. The fraction of sp³-hybridized carbons (Fsp3) is 0.778. The van der Waals surface area contributed by atoms with Crippen LogP contribution < -0.4 is 5.32 Å². The number of carbonyl (C=O) groups is 2. The lowest BCUT2D eigenvalue weighted by Gasteiger charge is -2.27. The van der Waals surface area contributed by atoms with Crippen LogP contribution in [0.5, 0.6) is 0 Å². The van der Waals surface area contributed by atoms with Gasteiger partial charge in [0.15, 0.2) is 0 Å². The number of hydrogen-bond donors (Lipinski definition) is 2. The maximum absolute atomic E-state index is 13.5. The predicted molar refractivity (Wildman–Crippen MR) is 314 cm³/mol. The average molecular weight is 1040 g/mol. The van der Waals surface area contributed by atoms with Gasteiger partial charge in [0.05, 0.1) is 33.8 Å². The Kier molecular flexibility index (Phi) is 51.0. The number of likely N-dealkylation sites (N-methyl/N-ethyl adjacent to an activating group) is 1. The summed E-state index contributed by atoms with van der Waals surface area (Å²) in [5.41, 5.74) is 0. The lowest BCUT2D eigenvalue weighted by atomic mass is 10.0. The van der Waals surface area contributed by atoms with E-state index in [1.165, 1.54) is 135 Å². The molecule has 0 radical (unpaired) electrons. The van der Waals surface area contributed by atoms with Gasteiger partial charge in [-0.15, -0.1) is 0 Å². The van der Waals surface area contributed by atoms with Crippen LogP contribution in [0.4, 0.5) is 0 Å². The molecule has 0 aromatic heterocycles. The number of amides is 1. The van der Waals surface area contributed by atoms with Gasteiger partial charge in [-0.2, -0.15) is 0 Å². The Morgan fingerprint density at radius 2 is 0.836 bits per heavy atom. The van der Waals surface area contributed by atoms with Crippen LogP contribution in [0.25, 0.3) is 0 Å². The van der Waals surface area contributed by atoms with Crippen molar-refractivity contribution in [3.8, 4) is 0 Å². The number of ether oxygens (including phenoxy) is 1. The molecule has 9 nitrogen and oxygen atoms in total. The van der Waals surface area contributed by atoms with E-state index in [0.717, 1.165) is 89.9 Å².